The van der Waals surface area contributed by atoms with Crippen molar-refractivity contribution in [2.24, 2.45) is 5.92 Å². The molecule has 1 atom stereocenters. The van der Waals surface area contributed by atoms with Crippen LogP contribution in [0.4, 0.5) is 5.69 Å². The number of amides is 1. The summed E-state index contributed by atoms with van der Waals surface area (Å²) in [5.41, 5.74) is 1.48. The number of rotatable bonds is 4. The van der Waals surface area contributed by atoms with Crippen molar-refractivity contribution < 1.29 is 4.79 Å². The zero-order chi connectivity index (χ0) is 19.8. The Labute approximate surface area is 179 Å². The molecule has 2 N–H and O–H groups in total. The van der Waals surface area contributed by atoms with E-state index < -0.39 is 0 Å². The minimum absolute atomic E-state index is 0.0966. The first-order valence-electron chi connectivity index (χ1n) is 8.83. The number of aromatic nitrogens is 2. The van der Waals surface area contributed by atoms with Crippen LogP contribution in [0.25, 0.3) is 10.2 Å². The standard InChI is InChI=1S/C19H17Cl2N3O2S2/c1-9-2-4-11-14(6-9)28-18-16(11)17(26)23-19(24-18)27-8-15(25)22-13-7-10(20)3-5-12(13)21/h3,5,7,9H,2,4,6,8H2,1H3,(H,22,25)(H,23,24,26). The molecule has 0 fully saturated rings. The number of nitrogens with zero attached hydrogens (tertiary/aromatic N) is 1. The topological polar surface area (TPSA) is 74.8 Å². The fourth-order valence-corrected chi connectivity index (χ4v) is 5.75. The van der Waals surface area contributed by atoms with Gasteiger partial charge in [0, 0.05) is 9.90 Å². The molecule has 0 radical (unpaired) electrons. The molecule has 1 amide bonds. The van der Waals surface area contributed by atoms with Crippen LogP contribution in [0, 0.1) is 5.92 Å². The van der Waals surface area contributed by atoms with Gasteiger partial charge in [0.2, 0.25) is 5.91 Å². The number of carbonyl (C=O) groups is 1. The van der Waals surface area contributed by atoms with Crippen LogP contribution in [-0.4, -0.2) is 21.6 Å². The van der Waals surface area contributed by atoms with Gasteiger partial charge in [0.25, 0.3) is 5.56 Å². The van der Waals surface area contributed by atoms with Crippen LogP contribution in [0.15, 0.2) is 28.2 Å². The van der Waals surface area contributed by atoms with Crippen LogP contribution in [0.3, 0.4) is 0 Å². The molecule has 0 saturated heterocycles. The average Bonchev–Trinajstić information content (AvgIpc) is 3.00. The minimum atomic E-state index is -0.254. The summed E-state index contributed by atoms with van der Waals surface area (Å²) in [7, 11) is 0. The highest BCUT2D eigenvalue weighted by Crippen LogP contribution is 2.36. The van der Waals surface area contributed by atoms with Crippen LogP contribution in [0.5, 0.6) is 0 Å². The predicted molar refractivity (Wildman–Crippen MR) is 117 cm³/mol. The molecule has 28 heavy (non-hydrogen) atoms. The Kier molecular flexibility index (Phi) is 5.69. The third kappa shape index (κ3) is 4.08. The molecule has 146 valence electrons. The Hall–Kier alpha value is -1.54. The second-order valence-electron chi connectivity index (χ2n) is 6.86. The lowest BCUT2D eigenvalue weighted by Gasteiger charge is -2.17. The quantitative estimate of drug-likeness (QED) is 0.423. The van der Waals surface area contributed by atoms with Crippen molar-refractivity contribution in [2.75, 3.05) is 11.1 Å². The van der Waals surface area contributed by atoms with Crippen molar-refractivity contribution in [1.82, 2.24) is 9.97 Å². The molecule has 9 heteroatoms. The third-order valence-corrected chi connectivity index (χ3v) is 7.27. The number of hydrogen-bond acceptors (Lipinski definition) is 5. The van der Waals surface area contributed by atoms with Gasteiger partial charge in [0.1, 0.15) is 4.83 Å². The lowest BCUT2D eigenvalue weighted by molar-refractivity contribution is -0.113. The van der Waals surface area contributed by atoms with Crippen molar-refractivity contribution in [3.05, 3.63) is 49.0 Å². The number of aryl methyl sites for hydroxylation is 1. The van der Waals surface area contributed by atoms with Crippen molar-refractivity contribution in [2.45, 2.75) is 31.3 Å². The maximum Gasteiger partial charge on any atom is 0.260 e. The van der Waals surface area contributed by atoms with Crippen LogP contribution < -0.4 is 10.9 Å². The molecule has 0 bridgehead atoms. The molecule has 2 aromatic heterocycles. The first-order chi connectivity index (χ1) is 13.4. The van der Waals surface area contributed by atoms with E-state index in [0.717, 1.165) is 29.7 Å². The molecule has 5 nitrogen and oxygen atoms in total. The Bertz CT molecular complexity index is 1130. The van der Waals surface area contributed by atoms with E-state index in [1.165, 1.54) is 16.6 Å². The highest BCUT2D eigenvalue weighted by atomic mass is 35.5. The summed E-state index contributed by atoms with van der Waals surface area (Å²) in [5.74, 6) is 0.478. The van der Waals surface area contributed by atoms with E-state index in [9.17, 15) is 9.59 Å². The Morgan fingerprint density at radius 3 is 3.07 bits per heavy atom. The number of anilines is 1. The normalized spacial score (nSPS) is 16.2. The van der Waals surface area contributed by atoms with E-state index in [4.69, 9.17) is 23.2 Å². The van der Waals surface area contributed by atoms with Crippen molar-refractivity contribution in [3.8, 4) is 0 Å². The largest absolute Gasteiger partial charge is 0.324 e. The highest BCUT2D eigenvalue weighted by molar-refractivity contribution is 7.99. The average molecular weight is 454 g/mol. The number of halogens is 2. The highest BCUT2D eigenvalue weighted by Gasteiger charge is 2.23. The Morgan fingerprint density at radius 1 is 1.43 bits per heavy atom. The van der Waals surface area contributed by atoms with E-state index in [2.05, 4.69) is 22.2 Å². The van der Waals surface area contributed by atoms with Crippen molar-refractivity contribution in [1.29, 1.82) is 0 Å². The number of fused-ring (bicyclic) bond motifs is 3. The molecule has 3 aromatic rings. The molecule has 2 heterocycles. The first-order valence-corrected chi connectivity index (χ1v) is 11.4. The van der Waals surface area contributed by atoms with Crippen LogP contribution in [0.2, 0.25) is 10.0 Å². The summed E-state index contributed by atoms with van der Waals surface area (Å²) >= 11 is 14.8. The van der Waals surface area contributed by atoms with E-state index in [1.807, 2.05) is 0 Å². The fourth-order valence-electron chi connectivity index (χ4n) is 3.31. The number of hydrogen-bond donors (Lipinski definition) is 2. The SMILES string of the molecule is CC1CCc2c(sc3nc(SCC(=O)Nc4cc(Cl)ccc4Cl)[nH]c(=O)c23)C1. The predicted octanol–water partition coefficient (Wildman–Crippen LogP) is 5.15. The third-order valence-electron chi connectivity index (χ3n) is 4.69. The zero-order valence-electron chi connectivity index (χ0n) is 15.0. The van der Waals surface area contributed by atoms with Gasteiger partial charge in [-0.05, 0) is 48.9 Å². The lowest BCUT2D eigenvalue weighted by Crippen LogP contribution is -2.16. The first kappa shape index (κ1) is 19.8. The van der Waals surface area contributed by atoms with Gasteiger partial charge in [0.05, 0.1) is 21.8 Å². The van der Waals surface area contributed by atoms with Crippen LogP contribution >= 0.6 is 46.3 Å². The van der Waals surface area contributed by atoms with Gasteiger partial charge in [-0.3, -0.25) is 9.59 Å². The molecule has 4 rings (SSSR count). The Morgan fingerprint density at radius 2 is 2.25 bits per heavy atom. The maximum atomic E-state index is 12.6. The summed E-state index contributed by atoms with van der Waals surface area (Å²) in [6.07, 6.45) is 3.03. The number of thiophene rings is 1. The number of aromatic amines is 1. The van der Waals surface area contributed by atoms with E-state index in [0.29, 0.717) is 32.2 Å². The molecule has 0 aliphatic heterocycles. The molecule has 0 saturated carbocycles. The molecular weight excluding hydrogens is 437 g/mol. The smallest absolute Gasteiger partial charge is 0.260 e. The summed E-state index contributed by atoms with van der Waals surface area (Å²) in [5, 5.41) is 4.78. The van der Waals surface area contributed by atoms with Crippen LogP contribution in [-0.2, 0) is 17.6 Å². The fraction of sp³-hybridized carbons (Fsp3) is 0.316. The molecule has 0 spiro atoms. The molecular formula is C19H17Cl2N3O2S2. The zero-order valence-corrected chi connectivity index (χ0v) is 18.1. The monoisotopic (exact) mass is 453 g/mol. The van der Waals surface area contributed by atoms with Gasteiger partial charge < -0.3 is 10.3 Å². The van der Waals surface area contributed by atoms with Crippen LogP contribution in [0.1, 0.15) is 23.8 Å². The molecule has 1 aliphatic rings. The van der Waals surface area contributed by atoms with Crippen molar-refractivity contribution in [3.63, 3.8) is 0 Å². The number of nitrogens with one attached hydrogen (secondary N) is 2. The molecule has 1 aromatic carbocycles. The van der Waals surface area contributed by atoms with Gasteiger partial charge in [-0.25, -0.2) is 4.98 Å². The number of benzene rings is 1. The summed E-state index contributed by atoms with van der Waals surface area (Å²) in [4.78, 5) is 34.2. The maximum absolute atomic E-state index is 12.6. The van der Waals surface area contributed by atoms with E-state index in [-0.39, 0.29) is 17.2 Å². The number of H-pyrrole nitrogens is 1. The van der Waals surface area contributed by atoms with E-state index >= 15 is 0 Å². The molecule has 1 aliphatic carbocycles. The number of thioether (sulfide) groups is 1. The van der Waals surface area contributed by atoms with Crippen molar-refractivity contribution >= 4 is 68.1 Å². The second kappa shape index (κ2) is 8.06. The van der Waals surface area contributed by atoms with Gasteiger partial charge in [-0.2, -0.15) is 0 Å². The van der Waals surface area contributed by atoms with Gasteiger partial charge >= 0.3 is 0 Å². The summed E-state index contributed by atoms with van der Waals surface area (Å²) in [6, 6.07) is 4.87. The summed E-state index contributed by atoms with van der Waals surface area (Å²) in [6.45, 7) is 2.23. The van der Waals surface area contributed by atoms with Gasteiger partial charge in [-0.1, -0.05) is 41.9 Å². The van der Waals surface area contributed by atoms with Gasteiger partial charge in [-0.15, -0.1) is 11.3 Å². The van der Waals surface area contributed by atoms with Gasteiger partial charge in [0.15, 0.2) is 5.16 Å². The lowest BCUT2D eigenvalue weighted by atomic mass is 9.89. The Balaban J connectivity index is 1.50. The number of carbonyl (C=O) groups excluding carboxylic acids is 1. The molecule has 1 unspecified atom stereocenters. The minimum Gasteiger partial charge on any atom is -0.324 e. The summed E-state index contributed by atoms with van der Waals surface area (Å²) < 4.78 is 0. The van der Waals surface area contributed by atoms with E-state index in [1.54, 1.807) is 29.5 Å². The second-order valence-corrected chi connectivity index (χ2v) is 9.76.